The molecule has 0 radical (unpaired) electrons. The van der Waals surface area contributed by atoms with Crippen LogP contribution in [0.2, 0.25) is 0 Å². The van der Waals surface area contributed by atoms with E-state index in [9.17, 15) is 9.90 Å². The van der Waals surface area contributed by atoms with Gasteiger partial charge in [0.25, 0.3) is 0 Å². The summed E-state index contributed by atoms with van der Waals surface area (Å²) in [7, 11) is 0. The molecule has 0 bridgehead atoms. The molecule has 0 spiro atoms. The van der Waals surface area contributed by atoms with Crippen molar-refractivity contribution in [1.82, 2.24) is 0 Å². The molecule has 0 saturated carbocycles. The zero-order valence-electron chi connectivity index (χ0n) is 17.8. The van der Waals surface area contributed by atoms with Crippen LogP contribution in [0.25, 0.3) is 0 Å². The SMILES string of the molecule is CC(C)(CO)CCCOCc1cccc(COCCCC(C)(C)C(=O)ON)c1. The Morgan fingerprint density at radius 3 is 2.04 bits per heavy atom. The fourth-order valence-electron chi connectivity index (χ4n) is 2.80. The van der Waals surface area contributed by atoms with E-state index in [0.29, 0.717) is 32.8 Å². The monoisotopic (exact) mass is 395 g/mol. The number of nitrogens with two attached hydrogens (primary N) is 1. The van der Waals surface area contributed by atoms with Gasteiger partial charge in [0, 0.05) is 19.8 Å². The summed E-state index contributed by atoms with van der Waals surface area (Å²) in [5, 5.41) is 9.26. The quantitative estimate of drug-likeness (QED) is 0.368. The lowest BCUT2D eigenvalue weighted by molar-refractivity contribution is -0.155. The fraction of sp³-hybridized carbons (Fsp3) is 0.682. The molecule has 0 aliphatic carbocycles. The van der Waals surface area contributed by atoms with Crippen molar-refractivity contribution in [3.63, 3.8) is 0 Å². The molecule has 0 heterocycles. The van der Waals surface area contributed by atoms with Crippen molar-refractivity contribution in [3.8, 4) is 0 Å². The van der Waals surface area contributed by atoms with Crippen LogP contribution in [0.1, 0.15) is 64.5 Å². The highest BCUT2D eigenvalue weighted by molar-refractivity contribution is 5.75. The van der Waals surface area contributed by atoms with Crippen LogP contribution < -0.4 is 5.90 Å². The second kappa shape index (κ2) is 12.2. The van der Waals surface area contributed by atoms with Gasteiger partial charge in [0.2, 0.25) is 0 Å². The molecule has 0 fully saturated rings. The Bertz CT molecular complexity index is 586. The number of ether oxygens (including phenoxy) is 2. The van der Waals surface area contributed by atoms with Crippen LogP contribution in [-0.2, 0) is 32.3 Å². The molecule has 1 rings (SSSR count). The van der Waals surface area contributed by atoms with E-state index >= 15 is 0 Å². The zero-order chi connectivity index (χ0) is 21.0. The van der Waals surface area contributed by atoms with Crippen molar-refractivity contribution in [2.45, 2.75) is 66.6 Å². The van der Waals surface area contributed by atoms with Crippen LogP contribution in [0.5, 0.6) is 0 Å². The molecular weight excluding hydrogens is 358 g/mol. The first kappa shape index (κ1) is 24.6. The number of benzene rings is 1. The van der Waals surface area contributed by atoms with Crippen molar-refractivity contribution in [1.29, 1.82) is 0 Å². The van der Waals surface area contributed by atoms with Gasteiger partial charge in [-0.3, -0.25) is 0 Å². The average molecular weight is 396 g/mol. The molecular formula is C22H37NO5. The van der Waals surface area contributed by atoms with Gasteiger partial charge >= 0.3 is 5.97 Å². The minimum absolute atomic E-state index is 0.0412. The van der Waals surface area contributed by atoms with Crippen molar-refractivity contribution in [2.24, 2.45) is 16.7 Å². The van der Waals surface area contributed by atoms with Gasteiger partial charge in [0.1, 0.15) is 0 Å². The standard InChI is InChI=1S/C22H37NO5/c1-21(2,17-24)10-6-12-26-15-18-8-5-9-19(14-18)16-27-13-7-11-22(3,4)20(25)28-23/h5,8-9,14,24H,6-7,10-13,15-17,23H2,1-4H3. The Labute approximate surface area is 169 Å². The molecule has 0 saturated heterocycles. The van der Waals surface area contributed by atoms with Gasteiger partial charge in [-0.2, -0.15) is 5.90 Å². The van der Waals surface area contributed by atoms with E-state index in [2.05, 4.69) is 24.8 Å². The zero-order valence-corrected chi connectivity index (χ0v) is 17.8. The summed E-state index contributed by atoms with van der Waals surface area (Å²) in [6, 6.07) is 8.17. The number of hydrogen-bond donors (Lipinski definition) is 2. The second-order valence-corrected chi connectivity index (χ2v) is 8.74. The van der Waals surface area contributed by atoms with Gasteiger partial charge in [0.05, 0.1) is 18.6 Å². The maximum Gasteiger partial charge on any atom is 0.329 e. The molecule has 0 aliphatic rings. The highest BCUT2D eigenvalue weighted by Gasteiger charge is 2.28. The smallest absolute Gasteiger partial charge is 0.329 e. The summed E-state index contributed by atoms with van der Waals surface area (Å²) in [6.45, 7) is 10.3. The number of aliphatic hydroxyl groups is 1. The maximum atomic E-state index is 11.5. The lowest BCUT2D eigenvalue weighted by atomic mass is 9.88. The van der Waals surface area contributed by atoms with E-state index in [-0.39, 0.29) is 12.0 Å². The summed E-state index contributed by atoms with van der Waals surface area (Å²) < 4.78 is 11.5. The Hall–Kier alpha value is -1.47. The number of aliphatic hydroxyl groups excluding tert-OH is 1. The van der Waals surface area contributed by atoms with E-state index in [0.717, 1.165) is 30.4 Å². The van der Waals surface area contributed by atoms with Gasteiger partial charge in [-0.15, -0.1) is 0 Å². The Balaban J connectivity index is 2.25. The summed E-state index contributed by atoms with van der Waals surface area (Å²) in [6.07, 6.45) is 3.29. The van der Waals surface area contributed by atoms with Crippen LogP contribution >= 0.6 is 0 Å². The van der Waals surface area contributed by atoms with E-state index in [4.69, 9.17) is 15.4 Å². The predicted molar refractivity (Wildman–Crippen MR) is 109 cm³/mol. The normalized spacial score (nSPS) is 12.2. The van der Waals surface area contributed by atoms with Crippen molar-refractivity contribution < 1.29 is 24.2 Å². The molecule has 160 valence electrons. The molecule has 0 atom stereocenters. The number of carbonyl (C=O) groups excluding carboxylic acids is 1. The van der Waals surface area contributed by atoms with Gasteiger partial charge in [-0.25, -0.2) is 4.79 Å². The predicted octanol–water partition coefficient (Wildman–Crippen LogP) is 3.74. The molecule has 6 nitrogen and oxygen atoms in total. The lowest BCUT2D eigenvalue weighted by Crippen LogP contribution is -2.29. The third-order valence-electron chi connectivity index (χ3n) is 4.85. The summed E-state index contributed by atoms with van der Waals surface area (Å²) in [5.41, 5.74) is 1.58. The Kier molecular flexibility index (Phi) is 10.7. The van der Waals surface area contributed by atoms with Crippen LogP contribution in [-0.4, -0.2) is 30.9 Å². The minimum atomic E-state index is -0.595. The van der Waals surface area contributed by atoms with Crippen LogP contribution in [0.3, 0.4) is 0 Å². The highest BCUT2D eigenvalue weighted by Crippen LogP contribution is 2.23. The van der Waals surface area contributed by atoms with E-state index in [1.807, 2.05) is 32.0 Å². The maximum absolute atomic E-state index is 11.5. The number of hydrogen-bond acceptors (Lipinski definition) is 6. The largest absolute Gasteiger partial charge is 0.396 e. The van der Waals surface area contributed by atoms with Gasteiger partial charge in [-0.1, -0.05) is 38.1 Å². The Morgan fingerprint density at radius 1 is 1.00 bits per heavy atom. The Morgan fingerprint density at radius 2 is 1.54 bits per heavy atom. The van der Waals surface area contributed by atoms with E-state index in [1.165, 1.54) is 0 Å². The summed E-state index contributed by atoms with van der Waals surface area (Å²) in [4.78, 5) is 15.9. The topological polar surface area (TPSA) is 91.0 Å². The van der Waals surface area contributed by atoms with Crippen molar-refractivity contribution in [2.75, 3.05) is 19.8 Å². The van der Waals surface area contributed by atoms with Gasteiger partial charge in [0.15, 0.2) is 0 Å². The third kappa shape index (κ3) is 9.64. The molecule has 1 aromatic carbocycles. The first-order valence-corrected chi connectivity index (χ1v) is 9.95. The average Bonchev–Trinajstić information content (AvgIpc) is 2.67. The lowest BCUT2D eigenvalue weighted by Gasteiger charge is -2.21. The van der Waals surface area contributed by atoms with Crippen molar-refractivity contribution >= 4 is 5.97 Å². The molecule has 28 heavy (non-hydrogen) atoms. The molecule has 0 aromatic heterocycles. The van der Waals surface area contributed by atoms with E-state index < -0.39 is 11.4 Å². The van der Waals surface area contributed by atoms with E-state index in [1.54, 1.807) is 0 Å². The second-order valence-electron chi connectivity index (χ2n) is 8.74. The molecule has 0 aliphatic heterocycles. The van der Waals surface area contributed by atoms with Crippen molar-refractivity contribution in [3.05, 3.63) is 35.4 Å². The van der Waals surface area contributed by atoms with Crippen LogP contribution in [0, 0.1) is 10.8 Å². The van der Waals surface area contributed by atoms with Gasteiger partial charge in [-0.05, 0) is 56.1 Å². The molecule has 3 N–H and O–H groups in total. The van der Waals surface area contributed by atoms with Gasteiger partial charge < -0.3 is 19.4 Å². The molecule has 6 heteroatoms. The first-order valence-electron chi connectivity index (χ1n) is 9.95. The fourth-order valence-corrected chi connectivity index (χ4v) is 2.80. The number of carbonyl (C=O) groups is 1. The minimum Gasteiger partial charge on any atom is -0.396 e. The molecule has 0 unspecified atom stereocenters. The third-order valence-corrected chi connectivity index (χ3v) is 4.85. The number of rotatable bonds is 14. The summed E-state index contributed by atoms with van der Waals surface area (Å²) in [5.74, 6) is 4.55. The molecule has 1 aromatic rings. The highest BCUT2D eigenvalue weighted by atomic mass is 16.7. The summed E-state index contributed by atoms with van der Waals surface area (Å²) >= 11 is 0. The first-order chi connectivity index (χ1) is 13.2. The van der Waals surface area contributed by atoms with Crippen LogP contribution in [0.4, 0.5) is 0 Å². The van der Waals surface area contributed by atoms with Crippen LogP contribution in [0.15, 0.2) is 24.3 Å². The molecule has 0 amide bonds.